The van der Waals surface area contributed by atoms with Crippen molar-refractivity contribution in [1.29, 1.82) is 0 Å². The Bertz CT molecular complexity index is 217. The van der Waals surface area contributed by atoms with Crippen LogP contribution in [0.5, 0.6) is 0 Å². The lowest BCUT2D eigenvalue weighted by Crippen LogP contribution is -2.39. The van der Waals surface area contributed by atoms with Crippen LogP contribution in [-0.2, 0) is 4.79 Å². The summed E-state index contributed by atoms with van der Waals surface area (Å²) in [6.07, 6.45) is 10.1. The third-order valence-corrected chi connectivity index (χ3v) is 3.95. The highest BCUT2D eigenvalue weighted by Gasteiger charge is 2.34. The van der Waals surface area contributed by atoms with Crippen molar-refractivity contribution in [1.82, 2.24) is 4.90 Å². The van der Waals surface area contributed by atoms with Crippen molar-refractivity contribution in [2.45, 2.75) is 44.9 Å². The van der Waals surface area contributed by atoms with E-state index in [2.05, 4.69) is 11.9 Å². The fourth-order valence-corrected chi connectivity index (χ4v) is 2.91. The van der Waals surface area contributed by atoms with Crippen LogP contribution in [0.2, 0.25) is 0 Å². The molecule has 0 N–H and O–H groups in total. The van der Waals surface area contributed by atoms with Gasteiger partial charge in [0.25, 0.3) is 0 Å². The normalized spacial score (nSPS) is 25.5. The van der Waals surface area contributed by atoms with Gasteiger partial charge in [-0.25, -0.2) is 0 Å². The van der Waals surface area contributed by atoms with Crippen LogP contribution >= 0.6 is 0 Å². The molecule has 0 heterocycles. The highest BCUT2D eigenvalue weighted by atomic mass is 16.1. The first kappa shape index (κ1) is 11.1. The van der Waals surface area contributed by atoms with Crippen molar-refractivity contribution < 1.29 is 4.79 Å². The van der Waals surface area contributed by atoms with Gasteiger partial charge in [0, 0.05) is 18.5 Å². The number of hydrogen-bond acceptors (Lipinski definition) is 2. The molecule has 15 heavy (non-hydrogen) atoms. The number of carbonyl (C=O) groups excluding carboxylic acids is 1. The van der Waals surface area contributed by atoms with Gasteiger partial charge in [0.15, 0.2) is 0 Å². The maximum atomic E-state index is 11.3. The smallest absolute Gasteiger partial charge is 0.127 e. The van der Waals surface area contributed by atoms with Crippen LogP contribution in [0.3, 0.4) is 0 Å². The van der Waals surface area contributed by atoms with Crippen molar-refractivity contribution >= 4 is 6.29 Å². The van der Waals surface area contributed by atoms with E-state index in [1.165, 1.54) is 44.9 Å². The fraction of sp³-hybridized carbons (Fsp3) is 0.923. The predicted octanol–water partition coefficient (Wildman–Crippen LogP) is 2.48. The van der Waals surface area contributed by atoms with E-state index in [9.17, 15) is 4.79 Å². The predicted molar refractivity (Wildman–Crippen MR) is 61.8 cm³/mol. The first-order valence-corrected chi connectivity index (χ1v) is 6.39. The van der Waals surface area contributed by atoms with Crippen LogP contribution in [-0.4, -0.2) is 31.3 Å². The van der Waals surface area contributed by atoms with E-state index >= 15 is 0 Å². The van der Waals surface area contributed by atoms with Gasteiger partial charge < -0.3 is 9.69 Å². The molecule has 2 rings (SSSR count). The van der Waals surface area contributed by atoms with Gasteiger partial charge in [-0.05, 0) is 38.6 Å². The molecular weight excluding hydrogens is 186 g/mol. The summed E-state index contributed by atoms with van der Waals surface area (Å²) in [4.78, 5) is 13.7. The Balaban J connectivity index is 1.84. The molecule has 0 saturated heterocycles. The molecule has 0 aromatic heterocycles. The average Bonchev–Trinajstić information content (AvgIpc) is 3.03. The summed E-state index contributed by atoms with van der Waals surface area (Å²) in [5, 5.41) is 0. The van der Waals surface area contributed by atoms with Gasteiger partial charge in [-0.15, -0.1) is 0 Å². The highest BCUT2D eigenvalue weighted by molar-refractivity contribution is 5.60. The first-order valence-electron chi connectivity index (χ1n) is 6.39. The van der Waals surface area contributed by atoms with Crippen LogP contribution in [0.4, 0.5) is 0 Å². The van der Waals surface area contributed by atoms with Crippen molar-refractivity contribution in [3.05, 3.63) is 0 Å². The zero-order chi connectivity index (χ0) is 10.7. The first-order chi connectivity index (χ1) is 7.24. The molecule has 2 saturated carbocycles. The molecule has 2 aliphatic rings. The molecule has 86 valence electrons. The molecule has 0 atom stereocenters. The van der Waals surface area contributed by atoms with Gasteiger partial charge in [0.05, 0.1) is 0 Å². The lowest BCUT2D eigenvalue weighted by atomic mass is 9.75. The van der Waals surface area contributed by atoms with Gasteiger partial charge >= 0.3 is 0 Å². The zero-order valence-electron chi connectivity index (χ0n) is 9.87. The monoisotopic (exact) mass is 209 g/mol. The average molecular weight is 209 g/mol. The molecule has 0 amide bonds. The van der Waals surface area contributed by atoms with E-state index < -0.39 is 0 Å². The summed E-state index contributed by atoms with van der Waals surface area (Å²) < 4.78 is 0. The van der Waals surface area contributed by atoms with Crippen molar-refractivity contribution in [2.75, 3.05) is 20.1 Å². The Labute approximate surface area is 93.0 Å². The molecular formula is C13H23NO. The topological polar surface area (TPSA) is 20.3 Å². The molecule has 2 aliphatic carbocycles. The number of nitrogens with zero attached hydrogens (tertiary/aromatic N) is 1. The molecule has 0 unspecified atom stereocenters. The van der Waals surface area contributed by atoms with Crippen molar-refractivity contribution in [2.24, 2.45) is 11.3 Å². The minimum absolute atomic E-state index is 0.00188. The molecule has 0 aromatic rings. The maximum Gasteiger partial charge on any atom is 0.127 e. The Morgan fingerprint density at radius 1 is 1.27 bits per heavy atom. The van der Waals surface area contributed by atoms with Gasteiger partial charge in [-0.1, -0.05) is 19.3 Å². The summed E-state index contributed by atoms with van der Waals surface area (Å²) in [5.74, 6) is 0.933. The molecule has 0 bridgehead atoms. The summed E-state index contributed by atoms with van der Waals surface area (Å²) in [6, 6.07) is 0. The second kappa shape index (κ2) is 4.65. The highest BCUT2D eigenvalue weighted by Crippen LogP contribution is 2.36. The maximum absolute atomic E-state index is 11.3. The second-order valence-electron chi connectivity index (χ2n) is 5.68. The second-order valence-corrected chi connectivity index (χ2v) is 5.68. The summed E-state index contributed by atoms with van der Waals surface area (Å²) in [7, 11) is 2.18. The summed E-state index contributed by atoms with van der Waals surface area (Å²) >= 11 is 0. The van der Waals surface area contributed by atoms with E-state index in [-0.39, 0.29) is 5.41 Å². The lowest BCUT2D eigenvalue weighted by Gasteiger charge is -2.35. The minimum atomic E-state index is 0.00188. The summed E-state index contributed by atoms with van der Waals surface area (Å²) in [6.45, 7) is 2.20. The standard InChI is InChI=1S/C13H23NO/c1-14(9-12-5-6-12)10-13(11-15)7-3-2-4-8-13/h11-12H,2-10H2,1H3. The largest absolute Gasteiger partial charge is 0.305 e. The van der Waals surface area contributed by atoms with Crippen molar-refractivity contribution in [3.63, 3.8) is 0 Å². The zero-order valence-corrected chi connectivity index (χ0v) is 9.87. The van der Waals surface area contributed by atoms with Gasteiger partial charge in [-0.3, -0.25) is 0 Å². The van der Waals surface area contributed by atoms with E-state index in [1.807, 2.05) is 0 Å². The quantitative estimate of drug-likeness (QED) is 0.648. The third kappa shape index (κ3) is 3.04. The SMILES string of the molecule is CN(CC1CC1)CC1(C=O)CCCCC1. The van der Waals surface area contributed by atoms with Gasteiger partial charge in [-0.2, -0.15) is 0 Å². The van der Waals surface area contributed by atoms with Gasteiger partial charge in [0.1, 0.15) is 6.29 Å². The van der Waals surface area contributed by atoms with Crippen LogP contribution in [0.1, 0.15) is 44.9 Å². The number of rotatable bonds is 5. The summed E-state index contributed by atoms with van der Waals surface area (Å²) in [5.41, 5.74) is 0.00188. The number of hydrogen-bond donors (Lipinski definition) is 0. The Hall–Kier alpha value is -0.370. The number of aldehydes is 1. The lowest BCUT2D eigenvalue weighted by molar-refractivity contribution is -0.119. The van der Waals surface area contributed by atoms with Crippen LogP contribution in [0.15, 0.2) is 0 Å². The molecule has 2 fully saturated rings. The van der Waals surface area contributed by atoms with E-state index in [0.717, 1.165) is 25.3 Å². The molecule has 2 heteroatoms. The molecule has 0 radical (unpaired) electrons. The number of carbonyl (C=O) groups is 1. The van der Waals surface area contributed by atoms with E-state index in [0.29, 0.717) is 0 Å². The molecule has 0 spiro atoms. The Kier molecular flexibility index (Phi) is 3.45. The Morgan fingerprint density at radius 2 is 1.93 bits per heavy atom. The van der Waals surface area contributed by atoms with E-state index in [4.69, 9.17) is 0 Å². The van der Waals surface area contributed by atoms with Crippen LogP contribution in [0.25, 0.3) is 0 Å². The van der Waals surface area contributed by atoms with Gasteiger partial charge in [0.2, 0.25) is 0 Å². The third-order valence-electron chi connectivity index (χ3n) is 3.95. The minimum Gasteiger partial charge on any atom is -0.305 e. The molecule has 2 nitrogen and oxygen atoms in total. The van der Waals surface area contributed by atoms with Crippen molar-refractivity contribution in [3.8, 4) is 0 Å². The molecule has 0 aromatic carbocycles. The van der Waals surface area contributed by atoms with Crippen LogP contribution in [0, 0.1) is 11.3 Å². The fourth-order valence-electron chi connectivity index (χ4n) is 2.91. The van der Waals surface area contributed by atoms with Crippen LogP contribution < -0.4 is 0 Å². The van der Waals surface area contributed by atoms with E-state index in [1.54, 1.807) is 0 Å². The Morgan fingerprint density at radius 3 is 2.47 bits per heavy atom. The molecule has 0 aliphatic heterocycles.